The van der Waals surface area contributed by atoms with Crippen molar-refractivity contribution in [2.75, 3.05) is 26.7 Å². The summed E-state index contributed by atoms with van der Waals surface area (Å²) < 4.78 is 0. The number of carbonyl (C=O) groups excluding carboxylic acids is 2. The van der Waals surface area contributed by atoms with Crippen LogP contribution in [0, 0.1) is 5.41 Å². The van der Waals surface area contributed by atoms with Crippen LogP contribution < -0.4 is 5.32 Å². The van der Waals surface area contributed by atoms with Crippen LogP contribution in [0.3, 0.4) is 0 Å². The fourth-order valence-electron chi connectivity index (χ4n) is 3.26. The highest BCUT2D eigenvalue weighted by Crippen LogP contribution is 2.26. The number of nitrogens with one attached hydrogen (secondary N) is 1. The molecule has 0 radical (unpaired) electrons. The first-order valence-corrected chi connectivity index (χ1v) is 8.06. The number of hydrogen-bond donors (Lipinski definition) is 1. The lowest BCUT2D eigenvalue weighted by molar-refractivity contribution is -0.145. The van der Waals surface area contributed by atoms with E-state index in [-0.39, 0.29) is 29.3 Å². The first kappa shape index (κ1) is 16.3. The lowest BCUT2D eigenvalue weighted by Gasteiger charge is -2.32. The Labute approximate surface area is 128 Å². The zero-order chi connectivity index (χ0) is 15.6. The fourth-order valence-corrected chi connectivity index (χ4v) is 3.26. The second kappa shape index (κ2) is 6.34. The molecule has 2 heterocycles. The standard InChI is InChI=1S/C16H29N3O2/c1-16(2,3)10-14(20)19-9-5-6-13(19)15(21)18(4)12-7-8-17-11-12/h12-13,17H,5-11H2,1-4H3. The number of likely N-dealkylation sites (N-methyl/N-ethyl adjacent to an activating group) is 1. The fraction of sp³-hybridized carbons (Fsp3) is 0.875. The van der Waals surface area contributed by atoms with Gasteiger partial charge in [0.2, 0.25) is 11.8 Å². The van der Waals surface area contributed by atoms with Gasteiger partial charge in [0.1, 0.15) is 6.04 Å². The molecule has 1 N–H and O–H groups in total. The van der Waals surface area contributed by atoms with Crippen molar-refractivity contribution in [1.82, 2.24) is 15.1 Å². The number of rotatable bonds is 3. The lowest BCUT2D eigenvalue weighted by Crippen LogP contribution is -2.50. The molecule has 2 fully saturated rings. The highest BCUT2D eigenvalue weighted by Gasteiger charge is 2.38. The molecule has 2 atom stereocenters. The molecule has 2 rings (SSSR count). The largest absolute Gasteiger partial charge is 0.340 e. The van der Waals surface area contributed by atoms with Crippen molar-refractivity contribution in [3.05, 3.63) is 0 Å². The maximum absolute atomic E-state index is 12.7. The topological polar surface area (TPSA) is 52.7 Å². The molecule has 0 aromatic heterocycles. The molecule has 0 saturated carbocycles. The second-order valence-electron chi connectivity index (χ2n) is 7.58. The van der Waals surface area contributed by atoms with E-state index in [1.54, 1.807) is 0 Å². The monoisotopic (exact) mass is 295 g/mol. The minimum absolute atomic E-state index is 0.0332. The van der Waals surface area contributed by atoms with Crippen LogP contribution in [-0.2, 0) is 9.59 Å². The van der Waals surface area contributed by atoms with Gasteiger partial charge in [0, 0.05) is 32.6 Å². The van der Waals surface area contributed by atoms with Crippen molar-refractivity contribution in [3.8, 4) is 0 Å². The van der Waals surface area contributed by atoms with Gasteiger partial charge >= 0.3 is 0 Å². The zero-order valence-corrected chi connectivity index (χ0v) is 13.8. The molecule has 0 bridgehead atoms. The molecule has 0 spiro atoms. The summed E-state index contributed by atoms with van der Waals surface area (Å²) in [6.45, 7) is 8.75. The van der Waals surface area contributed by atoms with E-state index in [2.05, 4.69) is 26.1 Å². The van der Waals surface area contributed by atoms with Crippen molar-refractivity contribution in [2.24, 2.45) is 5.41 Å². The maximum Gasteiger partial charge on any atom is 0.245 e. The molecule has 2 amide bonds. The predicted octanol–water partition coefficient (Wildman–Crippen LogP) is 1.23. The average Bonchev–Trinajstić information content (AvgIpc) is 3.05. The van der Waals surface area contributed by atoms with Gasteiger partial charge in [0.25, 0.3) is 0 Å². The van der Waals surface area contributed by atoms with E-state index >= 15 is 0 Å². The molecule has 2 aliphatic rings. The molecule has 120 valence electrons. The number of likely N-dealkylation sites (tertiary alicyclic amines) is 1. The van der Waals surface area contributed by atoms with Crippen LogP contribution in [0.1, 0.15) is 46.5 Å². The van der Waals surface area contributed by atoms with Crippen molar-refractivity contribution in [2.45, 2.75) is 58.5 Å². The van der Waals surface area contributed by atoms with Gasteiger partial charge < -0.3 is 15.1 Å². The lowest BCUT2D eigenvalue weighted by atomic mass is 9.91. The maximum atomic E-state index is 12.7. The van der Waals surface area contributed by atoms with Gasteiger partial charge in [0.15, 0.2) is 0 Å². The van der Waals surface area contributed by atoms with Crippen LogP contribution in [-0.4, -0.2) is 60.4 Å². The third-order valence-corrected chi connectivity index (χ3v) is 4.47. The molecule has 21 heavy (non-hydrogen) atoms. The van der Waals surface area contributed by atoms with Gasteiger partial charge in [-0.1, -0.05) is 20.8 Å². The van der Waals surface area contributed by atoms with Crippen LogP contribution in [0.5, 0.6) is 0 Å². The quantitative estimate of drug-likeness (QED) is 0.852. The van der Waals surface area contributed by atoms with Crippen LogP contribution in [0.2, 0.25) is 0 Å². The Hall–Kier alpha value is -1.10. The molecule has 2 aliphatic heterocycles. The van der Waals surface area contributed by atoms with E-state index in [0.29, 0.717) is 6.42 Å². The van der Waals surface area contributed by atoms with E-state index in [1.165, 1.54) is 0 Å². The van der Waals surface area contributed by atoms with Crippen molar-refractivity contribution < 1.29 is 9.59 Å². The summed E-state index contributed by atoms with van der Waals surface area (Å²) in [5.41, 5.74) is -0.0332. The highest BCUT2D eigenvalue weighted by atomic mass is 16.2. The van der Waals surface area contributed by atoms with Gasteiger partial charge in [-0.2, -0.15) is 0 Å². The Morgan fingerprint density at radius 2 is 2.00 bits per heavy atom. The molecule has 2 saturated heterocycles. The smallest absolute Gasteiger partial charge is 0.245 e. The van der Waals surface area contributed by atoms with Crippen LogP contribution in [0.25, 0.3) is 0 Å². The Morgan fingerprint density at radius 1 is 1.29 bits per heavy atom. The summed E-state index contributed by atoms with van der Waals surface area (Å²) in [4.78, 5) is 28.8. The third-order valence-electron chi connectivity index (χ3n) is 4.47. The summed E-state index contributed by atoms with van der Waals surface area (Å²) >= 11 is 0. The van der Waals surface area contributed by atoms with Gasteiger partial charge in [-0.05, 0) is 31.2 Å². The predicted molar refractivity (Wildman–Crippen MR) is 82.9 cm³/mol. The minimum Gasteiger partial charge on any atom is -0.340 e. The van der Waals surface area contributed by atoms with Gasteiger partial charge in [-0.15, -0.1) is 0 Å². The van der Waals surface area contributed by atoms with Crippen molar-refractivity contribution in [1.29, 1.82) is 0 Å². The summed E-state index contributed by atoms with van der Waals surface area (Å²) in [6, 6.07) is 0.0307. The zero-order valence-electron chi connectivity index (χ0n) is 13.8. The van der Waals surface area contributed by atoms with E-state index < -0.39 is 0 Å². The molecule has 5 nitrogen and oxygen atoms in total. The molecular formula is C16H29N3O2. The minimum atomic E-state index is -0.245. The Kier molecular flexibility index (Phi) is 4.91. The summed E-state index contributed by atoms with van der Waals surface area (Å²) in [6.07, 6.45) is 3.25. The first-order chi connectivity index (χ1) is 9.79. The number of nitrogens with zero attached hydrogens (tertiary/aromatic N) is 2. The summed E-state index contributed by atoms with van der Waals surface area (Å²) in [7, 11) is 1.88. The Morgan fingerprint density at radius 3 is 2.57 bits per heavy atom. The first-order valence-electron chi connectivity index (χ1n) is 8.06. The molecule has 5 heteroatoms. The number of amides is 2. The number of carbonyl (C=O) groups is 2. The molecule has 0 aromatic rings. The second-order valence-corrected chi connectivity index (χ2v) is 7.58. The number of hydrogen-bond acceptors (Lipinski definition) is 3. The van der Waals surface area contributed by atoms with Crippen LogP contribution >= 0.6 is 0 Å². The SMILES string of the molecule is CN(C(=O)C1CCCN1C(=O)CC(C)(C)C)C1CCNC1. The van der Waals surface area contributed by atoms with Gasteiger partial charge in [-0.25, -0.2) is 0 Å². The Balaban J connectivity index is 2.00. The highest BCUT2D eigenvalue weighted by molar-refractivity contribution is 5.88. The molecule has 2 unspecified atom stereocenters. The normalized spacial score (nSPS) is 26.2. The van der Waals surface area contributed by atoms with E-state index in [4.69, 9.17) is 0 Å². The summed E-state index contributed by atoms with van der Waals surface area (Å²) in [5, 5.41) is 3.29. The van der Waals surface area contributed by atoms with Gasteiger partial charge in [0.05, 0.1) is 0 Å². The Bertz CT molecular complexity index is 397. The van der Waals surface area contributed by atoms with Crippen molar-refractivity contribution >= 4 is 11.8 Å². The summed E-state index contributed by atoms with van der Waals surface area (Å²) in [5.74, 6) is 0.236. The van der Waals surface area contributed by atoms with Gasteiger partial charge in [-0.3, -0.25) is 9.59 Å². The molecule has 0 aromatic carbocycles. The van der Waals surface area contributed by atoms with E-state index in [0.717, 1.165) is 38.9 Å². The van der Waals surface area contributed by atoms with E-state index in [1.807, 2.05) is 16.8 Å². The average molecular weight is 295 g/mol. The molecular weight excluding hydrogens is 266 g/mol. The van der Waals surface area contributed by atoms with Crippen molar-refractivity contribution in [3.63, 3.8) is 0 Å². The molecule has 0 aliphatic carbocycles. The van der Waals surface area contributed by atoms with Crippen LogP contribution in [0.4, 0.5) is 0 Å². The third kappa shape index (κ3) is 3.96. The van der Waals surface area contributed by atoms with Crippen LogP contribution in [0.15, 0.2) is 0 Å². The van der Waals surface area contributed by atoms with E-state index in [9.17, 15) is 9.59 Å².